The molecule has 4 aromatic rings. The lowest BCUT2D eigenvalue weighted by Crippen LogP contribution is -2.35. The molecular weight excluding hydrogens is 637 g/mol. The van der Waals surface area contributed by atoms with Gasteiger partial charge in [-0.3, -0.25) is 27.3 Å². The first-order valence-electron chi connectivity index (χ1n) is 12.7. The van der Waals surface area contributed by atoms with Gasteiger partial charge in [0.25, 0.3) is 0 Å². The lowest BCUT2D eigenvalue weighted by Gasteiger charge is -2.25. The highest BCUT2D eigenvalue weighted by molar-refractivity contribution is 7.52. The van der Waals surface area contributed by atoms with Crippen LogP contribution in [0.25, 0.3) is 22.3 Å². The fourth-order valence-corrected chi connectivity index (χ4v) is 7.09. The van der Waals surface area contributed by atoms with Crippen molar-refractivity contribution in [3.63, 3.8) is 0 Å². The van der Waals surface area contributed by atoms with E-state index in [1.807, 2.05) is 0 Å². The predicted molar refractivity (Wildman–Crippen MR) is 139 cm³/mol. The molecule has 0 aliphatic carbocycles. The molecule has 10 atom stereocenters. The molecule has 10 unspecified atom stereocenters. The summed E-state index contributed by atoms with van der Waals surface area (Å²) in [5.74, 6) is 0.0287. The summed E-state index contributed by atoms with van der Waals surface area (Å²) in [7, 11) is -9.93. The second-order valence-corrected chi connectivity index (χ2v) is 13.0. The number of rotatable bonds is 2. The number of fused-ring (bicyclic) bond motifs is 5. The number of hydrogen-bond acceptors (Lipinski definition) is 17. The van der Waals surface area contributed by atoms with Gasteiger partial charge in [-0.15, -0.1) is 0 Å². The van der Waals surface area contributed by atoms with E-state index in [2.05, 4.69) is 29.9 Å². The maximum Gasteiger partial charge on any atom is 0.472 e. The summed E-state index contributed by atoms with van der Waals surface area (Å²) < 4.78 is 77.0. The van der Waals surface area contributed by atoms with Crippen LogP contribution in [0.1, 0.15) is 12.5 Å². The molecule has 7 heterocycles. The maximum atomic E-state index is 15.9. The summed E-state index contributed by atoms with van der Waals surface area (Å²) >= 11 is 0. The Morgan fingerprint density at radius 3 is 2.11 bits per heavy atom. The number of phosphoric ester groups is 1. The highest BCUT2D eigenvalue weighted by Gasteiger charge is 2.54. The average Bonchev–Trinajstić information content (AvgIpc) is 3.73. The van der Waals surface area contributed by atoms with Crippen LogP contribution in [0.3, 0.4) is 0 Å². The van der Waals surface area contributed by atoms with Crippen molar-refractivity contribution >= 4 is 49.4 Å². The van der Waals surface area contributed by atoms with E-state index in [-0.39, 0.29) is 34.0 Å². The van der Waals surface area contributed by atoms with E-state index in [9.17, 15) is 24.0 Å². The van der Waals surface area contributed by atoms with Crippen molar-refractivity contribution in [2.24, 2.45) is 0 Å². The van der Waals surface area contributed by atoms with Crippen molar-refractivity contribution in [1.82, 2.24) is 39.0 Å². The minimum atomic E-state index is -5.10. The number of nitrogen functional groups attached to an aromatic ring is 2. The van der Waals surface area contributed by atoms with Crippen LogP contribution in [-0.4, -0.2) is 104 Å². The Morgan fingerprint density at radius 1 is 0.864 bits per heavy atom. The number of hydrogen-bond donors (Lipinski definition) is 5. The molecule has 3 aliphatic heterocycles. The topological polar surface area (TPSA) is 289 Å². The van der Waals surface area contributed by atoms with Gasteiger partial charge in [-0.25, -0.2) is 38.9 Å². The summed E-state index contributed by atoms with van der Waals surface area (Å²) in [6.45, 7) is -0.866. The molecule has 24 heteroatoms. The van der Waals surface area contributed by atoms with Crippen molar-refractivity contribution in [3.8, 4) is 0 Å². The zero-order chi connectivity index (χ0) is 31.0. The first kappa shape index (κ1) is 29.4. The third-order valence-corrected chi connectivity index (χ3v) is 9.14. The minimum absolute atomic E-state index is 0.0108. The molecule has 3 saturated heterocycles. The Bertz CT molecular complexity index is 1830. The number of phosphoric acid groups is 1. The Kier molecular flexibility index (Phi) is 7.14. The van der Waals surface area contributed by atoms with Gasteiger partial charge in [-0.1, -0.05) is 0 Å². The molecular formula is C20H23FN10O11P2. The Balaban J connectivity index is 1.20. The number of halogens is 1. The zero-order valence-corrected chi connectivity index (χ0v) is 23.7. The van der Waals surface area contributed by atoms with Crippen molar-refractivity contribution < 1.29 is 56.2 Å². The lowest BCUT2D eigenvalue weighted by molar-refractivity contribution is -0.168. The van der Waals surface area contributed by atoms with E-state index in [1.165, 1.54) is 17.2 Å². The molecule has 3 fully saturated rings. The van der Waals surface area contributed by atoms with Gasteiger partial charge >= 0.3 is 15.4 Å². The SMILES string of the molecule is Nc1ncnc2c1ncn2C1OC2COP(=O)(O)OC3C(O)C(OCP(=O)(O)OC2C1F)OC3n1cnc2c(N)ncnc21. The summed E-state index contributed by atoms with van der Waals surface area (Å²) in [4.78, 5) is 45.2. The fraction of sp³-hybridized carbons (Fsp3) is 0.500. The number of aliphatic hydroxyl groups excluding tert-OH is 1. The third kappa shape index (κ3) is 5.03. The van der Waals surface area contributed by atoms with Crippen LogP contribution >= 0.6 is 15.4 Å². The number of nitrogens with zero attached hydrogens (tertiary/aromatic N) is 8. The predicted octanol–water partition coefficient (Wildman–Crippen LogP) is -0.658. The number of anilines is 2. The smallest absolute Gasteiger partial charge is 0.385 e. The van der Waals surface area contributed by atoms with E-state index >= 15 is 4.39 Å². The average molecular weight is 660 g/mol. The molecule has 44 heavy (non-hydrogen) atoms. The molecule has 4 aromatic heterocycles. The largest absolute Gasteiger partial charge is 0.472 e. The maximum absolute atomic E-state index is 15.9. The van der Waals surface area contributed by atoms with Gasteiger partial charge in [0.2, 0.25) is 0 Å². The molecule has 7 N–H and O–H groups in total. The van der Waals surface area contributed by atoms with Crippen molar-refractivity contribution in [1.29, 1.82) is 0 Å². The number of aromatic nitrogens is 8. The van der Waals surface area contributed by atoms with Gasteiger partial charge in [-0.2, -0.15) is 0 Å². The van der Waals surface area contributed by atoms with E-state index in [0.29, 0.717) is 0 Å². The molecule has 0 aromatic carbocycles. The van der Waals surface area contributed by atoms with Gasteiger partial charge in [0.05, 0.1) is 19.3 Å². The highest BCUT2D eigenvalue weighted by atomic mass is 31.2. The van der Waals surface area contributed by atoms with Gasteiger partial charge in [0, 0.05) is 0 Å². The second kappa shape index (κ2) is 10.7. The van der Waals surface area contributed by atoms with E-state index in [0.717, 1.165) is 17.2 Å². The van der Waals surface area contributed by atoms with Gasteiger partial charge in [0.1, 0.15) is 48.1 Å². The first-order valence-corrected chi connectivity index (χ1v) is 15.9. The first-order chi connectivity index (χ1) is 20.9. The summed E-state index contributed by atoms with van der Waals surface area (Å²) in [5.41, 5.74) is 12.1. The Hall–Kier alpha value is -3.27. The van der Waals surface area contributed by atoms with Crippen LogP contribution in [0, 0.1) is 0 Å². The van der Waals surface area contributed by atoms with Gasteiger partial charge in [0.15, 0.2) is 54.2 Å². The molecule has 0 spiro atoms. The lowest BCUT2D eigenvalue weighted by atomic mass is 10.1. The van der Waals surface area contributed by atoms with Gasteiger partial charge in [-0.05, 0) is 0 Å². The standard InChI is InChI=1S/C20H23FN10O11P2/c21-8-12-7(39-18(8)30-4-28-9-14(22)24-2-26-16(9)30)1-38-44(35,36)42-13-11(32)20(37-6-43(33,34)41-12)40-19(13)31-5-29-10-15(23)25-3-27-17(10)31/h2-5,7-8,11-13,18-20,32H,1,6H2,(H,33,34)(H,35,36)(H2,22,24,26)(H2,23,25,27). The van der Waals surface area contributed by atoms with Crippen LogP contribution < -0.4 is 11.5 Å². The molecule has 3 aliphatic rings. The van der Waals surface area contributed by atoms with Crippen molar-refractivity contribution in [3.05, 3.63) is 25.3 Å². The third-order valence-electron chi connectivity index (χ3n) is 7.10. The quantitative estimate of drug-likeness (QED) is 0.167. The molecule has 7 rings (SSSR count). The zero-order valence-electron chi connectivity index (χ0n) is 22.0. The van der Waals surface area contributed by atoms with Crippen molar-refractivity contribution in [2.75, 3.05) is 24.4 Å². The number of aliphatic hydroxyl groups is 1. The molecule has 21 nitrogen and oxygen atoms in total. The van der Waals surface area contributed by atoms with Crippen molar-refractivity contribution in [2.45, 2.75) is 49.3 Å². The second-order valence-electron chi connectivity index (χ2n) is 9.90. The normalized spacial score (nSPS) is 38.3. The monoisotopic (exact) mass is 660 g/mol. The summed E-state index contributed by atoms with van der Waals surface area (Å²) in [6, 6.07) is 0. The van der Waals surface area contributed by atoms with Crippen LogP contribution in [0.2, 0.25) is 0 Å². The summed E-state index contributed by atoms with van der Waals surface area (Å²) in [5, 5.41) is 10.9. The van der Waals surface area contributed by atoms with E-state index in [4.69, 9.17) is 39.2 Å². The number of ether oxygens (including phenoxy) is 3. The molecule has 236 valence electrons. The van der Waals surface area contributed by atoms with E-state index < -0.39 is 77.7 Å². The molecule has 0 saturated carbocycles. The van der Waals surface area contributed by atoms with Crippen LogP contribution in [-0.2, 0) is 36.9 Å². The summed E-state index contributed by atoms with van der Waals surface area (Å²) in [6.07, 6.45) is -10.2. The van der Waals surface area contributed by atoms with E-state index in [1.54, 1.807) is 0 Å². The Morgan fingerprint density at radius 2 is 1.48 bits per heavy atom. The number of imidazole rings is 2. The molecule has 2 bridgehead atoms. The van der Waals surface area contributed by atoms with Crippen LogP contribution in [0.4, 0.5) is 16.0 Å². The highest BCUT2D eigenvalue weighted by Crippen LogP contribution is 2.53. The number of alkyl halides is 1. The van der Waals surface area contributed by atoms with Crippen LogP contribution in [0.5, 0.6) is 0 Å². The molecule has 0 amide bonds. The van der Waals surface area contributed by atoms with Gasteiger partial charge < -0.3 is 40.6 Å². The number of nitrogens with two attached hydrogens (primary N) is 2. The fourth-order valence-electron chi connectivity index (χ4n) is 5.13. The molecule has 0 radical (unpaired) electrons. The minimum Gasteiger partial charge on any atom is -0.385 e. The Labute approximate surface area is 244 Å². The van der Waals surface area contributed by atoms with Crippen LogP contribution in [0.15, 0.2) is 25.3 Å².